The topological polar surface area (TPSA) is 50.1 Å². The molecule has 0 saturated carbocycles. The Hall–Kier alpha value is -1.60. The van der Waals surface area contributed by atoms with Crippen molar-refractivity contribution in [2.75, 3.05) is 7.11 Å². The first-order valence-corrected chi connectivity index (χ1v) is 4.81. The van der Waals surface area contributed by atoms with Gasteiger partial charge >= 0.3 is 5.97 Å². The van der Waals surface area contributed by atoms with E-state index in [-0.39, 0.29) is 5.57 Å². The number of hydrogen-bond acceptors (Lipinski definition) is 4. The molecule has 4 heteroatoms. The first kappa shape index (κ1) is 10.5. The summed E-state index contributed by atoms with van der Waals surface area (Å²) in [4.78, 5) is 12.0. The van der Waals surface area contributed by atoms with E-state index in [4.69, 9.17) is 5.26 Å². The Morgan fingerprint density at radius 1 is 1.71 bits per heavy atom. The van der Waals surface area contributed by atoms with Gasteiger partial charge in [0.15, 0.2) is 0 Å². The zero-order valence-corrected chi connectivity index (χ0v) is 8.72. The summed E-state index contributed by atoms with van der Waals surface area (Å²) in [6, 6.07) is 3.74. The summed E-state index contributed by atoms with van der Waals surface area (Å²) in [6.07, 6.45) is 1.55. The number of thiophene rings is 1. The summed E-state index contributed by atoms with van der Waals surface area (Å²) < 4.78 is 4.47. The Morgan fingerprint density at radius 3 is 2.86 bits per heavy atom. The van der Waals surface area contributed by atoms with Crippen molar-refractivity contribution in [1.82, 2.24) is 0 Å². The highest BCUT2D eigenvalue weighted by Crippen LogP contribution is 2.19. The highest BCUT2D eigenvalue weighted by molar-refractivity contribution is 7.11. The van der Waals surface area contributed by atoms with Gasteiger partial charge in [0.1, 0.15) is 11.6 Å². The Bertz CT molecular complexity index is 412. The van der Waals surface area contributed by atoms with Crippen LogP contribution in [-0.4, -0.2) is 13.1 Å². The second-order valence-corrected chi connectivity index (χ2v) is 3.58. The molecule has 0 aliphatic carbocycles. The number of nitrogens with zero attached hydrogens (tertiary/aromatic N) is 1. The third-order valence-corrected chi connectivity index (χ3v) is 2.67. The number of carbonyl (C=O) groups is 1. The van der Waals surface area contributed by atoms with Crippen molar-refractivity contribution in [1.29, 1.82) is 5.26 Å². The normalized spacial score (nSPS) is 10.8. The van der Waals surface area contributed by atoms with Gasteiger partial charge in [0.05, 0.1) is 7.11 Å². The predicted octanol–water partition coefficient (Wildman–Crippen LogP) is 2.14. The van der Waals surface area contributed by atoms with Gasteiger partial charge in [0.2, 0.25) is 0 Å². The van der Waals surface area contributed by atoms with Gasteiger partial charge in [0.25, 0.3) is 0 Å². The molecule has 1 heterocycles. The smallest absolute Gasteiger partial charge is 0.348 e. The van der Waals surface area contributed by atoms with Crippen molar-refractivity contribution < 1.29 is 9.53 Å². The van der Waals surface area contributed by atoms with Crippen LogP contribution in [0.5, 0.6) is 0 Å². The van der Waals surface area contributed by atoms with Gasteiger partial charge in [-0.25, -0.2) is 4.79 Å². The molecule has 0 aromatic carbocycles. The van der Waals surface area contributed by atoms with Crippen LogP contribution < -0.4 is 0 Å². The van der Waals surface area contributed by atoms with Gasteiger partial charge in [-0.3, -0.25) is 0 Å². The highest BCUT2D eigenvalue weighted by Gasteiger charge is 2.09. The maximum Gasteiger partial charge on any atom is 0.348 e. The number of methoxy groups -OCH3 is 1. The van der Waals surface area contributed by atoms with Crippen molar-refractivity contribution in [2.45, 2.75) is 6.92 Å². The Morgan fingerprint density at radius 2 is 2.43 bits per heavy atom. The van der Waals surface area contributed by atoms with Crippen molar-refractivity contribution in [3.8, 4) is 6.07 Å². The number of ether oxygens (including phenoxy) is 1. The van der Waals surface area contributed by atoms with Gasteiger partial charge in [-0.15, -0.1) is 11.3 Å². The van der Waals surface area contributed by atoms with Crippen molar-refractivity contribution >= 4 is 23.4 Å². The molecule has 14 heavy (non-hydrogen) atoms. The number of carbonyl (C=O) groups excluding carboxylic acids is 1. The minimum atomic E-state index is -0.597. The summed E-state index contributed by atoms with van der Waals surface area (Å²) in [7, 11) is 1.26. The fourth-order valence-corrected chi connectivity index (χ4v) is 1.77. The van der Waals surface area contributed by atoms with Gasteiger partial charge in [0, 0.05) is 4.88 Å². The van der Waals surface area contributed by atoms with E-state index >= 15 is 0 Å². The van der Waals surface area contributed by atoms with E-state index in [1.807, 2.05) is 24.4 Å². The maximum absolute atomic E-state index is 11.1. The number of hydrogen-bond donors (Lipinski definition) is 0. The SMILES string of the molecule is COC(=O)/C(C#N)=C/c1sccc1C. The van der Waals surface area contributed by atoms with Crippen molar-refractivity contribution in [3.63, 3.8) is 0 Å². The Balaban J connectivity index is 3.03. The quantitative estimate of drug-likeness (QED) is 0.424. The predicted molar refractivity (Wildman–Crippen MR) is 54.7 cm³/mol. The lowest BCUT2D eigenvalue weighted by atomic mass is 10.2. The average molecular weight is 207 g/mol. The number of esters is 1. The average Bonchev–Trinajstić information content (AvgIpc) is 2.59. The molecular formula is C10H9NO2S. The molecule has 3 nitrogen and oxygen atoms in total. The van der Waals surface area contributed by atoms with Gasteiger partial charge < -0.3 is 4.74 Å². The van der Waals surface area contributed by atoms with Gasteiger partial charge in [-0.2, -0.15) is 5.26 Å². The molecule has 0 N–H and O–H groups in total. The molecule has 0 aliphatic heterocycles. The van der Waals surface area contributed by atoms with Gasteiger partial charge in [-0.05, 0) is 30.0 Å². The first-order chi connectivity index (χ1) is 6.69. The van der Waals surface area contributed by atoms with Crippen LogP contribution in [-0.2, 0) is 9.53 Å². The number of aryl methyl sites for hydroxylation is 1. The molecule has 1 aromatic heterocycles. The van der Waals surface area contributed by atoms with E-state index in [0.29, 0.717) is 0 Å². The summed E-state index contributed by atoms with van der Waals surface area (Å²) in [5.41, 5.74) is 1.07. The van der Waals surface area contributed by atoms with Gasteiger partial charge in [-0.1, -0.05) is 0 Å². The second kappa shape index (κ2) is 4.58. The molecule has 0 spiro atoms. The molecule has 0 aliphatic rings. The zero-order valence-electron chi connectivity index (χ0n) is 7.90. The largest absolute Gasteiger partial charge is 0.465 e. The van der Waals surface area contributed by atoms with E-state index in [1.165, 1.54) is 18.4 Å². The lowest BCUT2D eigenvalue weighted by Crippen LogP contribution is -2.02. The molecule has 0 amide bonds. The third kappa shape index (κ3) is 2.21. The number of rotatable bonds is 2. The molecule has 0 fully saturated rings. The monoisotopic (exact) mass is 207 g/mol. The van der Waals surface area contributed by atoms with E-state index < -0.39 is 5.97 Å². The Labute approximate surface area is 86.2 Å². The van der Waals surface area contributed by atoms with Crippen LogP contribution in [0.3, 0.4) is 0 Å². The minimum absolute atomic E-state index is 0.0260. The zero-order chi connectivity index (χ0) is 10.6. The standard InChI is InChI=1S/C10H9NO2S/c1-7-3-4-14-9(7)5-8(6-11)10(12)13-2/h3-5H,1-2H3/b8-5+. The Kier molecular flexibility index (Phi) is 3.43. The molecule has 1 aromatic rings. The van der Waals surface area contributed by atoms with Crippen LogP contribution in [0.15, 0.2) is 17.0 Å². The van der Waals surface area contributed by atoms with Crippen LogP contribution in [0.1, 0.15) is 10.4 Å². The maximum atomic E-state index is 11.1. The molecule has 0 radical (unpaired) electrons. The summed E-state index contributed by atoms with van der Waals surface area (Å²) in [5, 5.41) is 10.6. The second-order valence-electron chi connectivity index (χ2n) is 2.63. The molecule has 0 atom stereocenters. The minimum Gasteiger partial charge on any atom is -0.465 e. The summed E-state index contributed by atoms with van der Waals surface area (Å²) in [5.74, 6) is -0.597. The summed E-state index contributed by atoms with van der Waals surface area (Å²) >= 11 is 1.49. The molecule has 1 rings (SSSR count). The van der Waals surface area contributed by atoms with E-state index in [0.717, 1.165) is 10.4 Å². The molecular weight excluding hydrogens is 198 g/mol. The van der Waals surface area contributed by atoms with Crippen LogP contribution in [0.4, 0.5) is 0 Å². The van der Waals surface area contributed by atoms with Crippen LogP contribution in [0.25, 0.3) is 6.08 Å². The van der Waals surface area contributed by atoms with Crippen LogP contribution in [0.2, 0.25) is 0 Å². The van der Waals surface area contributed by atoms with Crippen molar-refractivity contribution in [2.24, 2.45) is 0 Å². The fraction of sp³-hybridized carbons (Fsp3) is 0.200. The van der Waals surface area contributed by atoms with E-state index in [1.54, 1.807) is 6.08 Å². The fourth-order valence-electron chi connectivity index (χ4n) is 0.910. The lowest BCUT2D eigenvalue weighted by molar-refractivity contribution is -0.135. The lowest BCUT2D eigenvalue weighted by Gasteiger charge is -1.95. The first-order valence-electron chi connectivity index (χ1n) is 3.93. The van der Waals surface area contributed by atoms with Crippen LogP contribution in [0, 0.1) is 18.3 Å². The molecule has 0 unspecified atom stereocenters. The molecule has 0 bridgehead atoms. The third-order valence-electron chi connectivity index (χ3n) is 1.70. The number of nitriles is 1. The summed E-state index contributed by atoms with van der Waals surface area (Å²) in [6.45, 7) is 1.93. The highest BCUT2D eigenvalue weighted by atomic mass is 32.1. The molecule has 72 valence electrons. The van der Waals surface area contributed by atoms with Crippen LogP contribution >= 0.6 is 11.3 Å². The van der Waals surface area contributed by atoms with Crippen molar-refractivity contribution in [3.05, 3.63) is 27.5 Å². The van der Waals surface area contributed by atoms with E-state index in [9.17, 15) is 4.79 Å². The molecule has 0 saturated heterocycles. The van der Waals surface area contributed by atoms with E-state index in [2.05, 4.69) is 4.74 Å².